The molecule has 5 nitrogen and oxygen atoms in total. The van der Waals surface area contributed by atoms with E-state index in [4.69, 9.17) is 10.4 Å². The van der Waals surface area contributed by atoms with Crippen LogP contribution in [0.25, 0.3) is 0 Å². The maximum Gasteiger partial charge on any atom is 0.308 e. The third-order valence-corrected chi connectivity index (χ3v) is 2.73. The topological polar surface area (TPSA) is 90.2 Å². The first kappa shape index (κ1) is 14.8. The highest BCUT2D eigenvalue weighted by Gasteiger charge is 2.16. The number of carbonyl (C=O) groups excluding carboxylic acids is 1. The van der Waals surface area contributed by atoms with Crippen molar-refractivity contribution in [3.63, 3.8) is 0 Å². The number of thioether (sulfide) groups is 1. The number of hydrogen-bond donors (Lipinski definition) is 2. The van der Waals surface area contributed by atoms with Crippen LogP contribution in [0, 0.1) is 17.2 Å². The number of nitrogens with zero attached hydrogens (tertiary/aromatic N) is 1. The molecule has 0 saturated heterocycles. The number of carbonyl (C=O) groups is 2. The fraction of sp³-hybridized carbons (Fsp3) is 0.700. The van der Waals surface area contributed by atoms with Crippen LogP contribution in [-0.4, -0.2) is 35.0 Å². The van der Waals surface area contributed by atoms with Crippen molar-refractivity contribution < 1.29 is 14.7 Å². The summed E-state index contributed by atoms with van der Waals surface area (Å²) >= 11 is 1.21. The standard InChI is InChI=1S/C10H16N2O3S/c1-2-3-8(10(14)15)6-12-9(13)7-16-5-4-11/h8H,2-3,5-7H2,1H3,(H,12,13)(H,14,15). The zero-order valence-electron chi connectivity index (χ0n) is 9.23. The first-order valence-electron chi connectivity index (χ1n) is 5.06. The molecule has 0 radical (unpaired) electrons. The molecule has 16 heavy (non-hydrogen) atoms. The number of nitriles is 1. The Kier molecular flexibility index (Phi) is 8.35. The zero-order chi connectivity index (χ0) is 12.4. The minimum Gasteiger partial charge on any atom is -0.481 e. The van der Waals surface area contributed by atoms with Gasteiger partial charge in [0.25, 0.3) is 0 Å². The Morgan fingerprint density at radius 1 is 1.56 bits per heavy atom. The summed E-state index contributed by atoms with van der Waals surface area (Å²) in [7, 11) is 0. The van der Waals surface area contributed by atoms with E-state index >= 15 is 0 Å². The SMILES string of the molecule is CCCC(CNC(=O)CSCC#N)C(=O)O. The lowest BCUT2D eigenvalue weighted by atomic mass is 10.0. The molecule has 0 aliphatic rings. The summed E-state index contributed by atoms with van der Waals surface area (Å²) < 4.78 is 0. The van der Waals surface area contributed by atoms with Crippen LogP contribution in [-0.2, 0) is 9.59 Å². The predicted octanol–water partition coefficient (Wildman–Crippen LogP) is 0.860. The maximum atomic E-state index is 11.2. The Bertz CT molecular complexity index is 276. The fourth-order valence-corrected chi connectivity index (χ4v) is 1.62. The van der Waals surface area contributed by atoms with Crippen molar-refractivity contribution in [2.24, 2.45) is 5.92 Å². The third kappa shape index (κ3) is 7.12. The van der Waals surface area contributed by atoms with Crippen LogP contribution in [0.4, 0.5) is 0 Å². The van der Waals surface area contributed by atoms with Gasteiger partial charge >= 0.3 is 5.97 Å². The van der Waals surface area contributed by atoms with Crippen LogP contribution in [0.2, 0.25) is 0 Å². The number of carboxylic acids is 1. The Balaban J connectivity index is 3.79. The van der Waals surface area contributed by atoms with Crippen molar-refractivity contribution in [1.82, 2.24) is 5.32 Å². The highest BCUT2D eigenvalue weighted by molar-refractivity contribution is 8.00. The quantitative estimate of drug-likeness (QED) is 0.618. The summed E-state index contributed by atoms with van der Waals surface area (Å²) in [6.45, 7) is 2.07. The number of nitrogens with one attached hydrogen (secondary N) is 1. The van der Waals surface area contributed by atoms with Gasteiger partial charge in [-0.3, -0.25) is 9.59 Å². The summed E-state index contributed by atoms with van der Waals surface area (Å²) in [6, 6.07) is 1.92. The molecule has 1 unspecified atom stereocenters. The van der Waals surface area contributed by atoms with Crippen LogP contribution in [0.1, 0.15) is 19.8 Å². The Hall–Kier alpha value is -1.22. The smallest absolute Gasteiger partial charge is 0.308 e. The molecule has 0 bridgehead atoms. The van der Waals surface area contributed by atoms with E-state index in [2.05, 4.69) is 5.32 Å². The molecule has 0 rings (SSSR count). The largest absolute Gasteiger partial charge is 0.481 e. The molecule has 90 valence electrons. The van der Waals surface area contributed by atoms with Gasteiger partial charge in [-0.2, -0.15) is 5.26 Å². The maximum absolute atomic E-state index is 11.2. The molecule has 1 amide bonds. The second-order valence-corrected chi connectivity index (χ2v) is 4.26. The van der Waals surface area contributed by atoms with Gasteiger partial charge in [0.15, 0.2) is 0 Å². The molecule has 0 heterocycles. The third-order valence-electron chi connectivity index (χ3n) is 1.93. The van der Waals surface area contributed by atoms with Gasteiger partial charge in [-0.25, -0.2) is 0 Å². The summed E-state index contributed by atoms with van der Waals surface area (Å²) in [6.07, 6.45) is 1.33. The average molecular weight is 244 g/mol. The molecule has 6 heteroatoms. The zero-order valence-corrected chi connectivity index (χ0v) is 10.0. The average Bonchev–Trinajstić information content (AvgIpc) is 2.24. The van der Waals surface area contributed by atoms with Crippen LogP contribution in [0.5, 0.6) is 0 Å². The predicted molar refractivity (Wildman–Crippen MR) is 62.0 cm³/mol. The van der Waals surface area contributed by atoms with E-state index in [1.807, 2.05) is 13.0 Å². The Morgan fingerprint density at radius 3 is 2.75 bits per heavy atom. The lowest BCUT2D eigenvalue weighted by Crippen LogP contribution is -2.33. The molecule has 2 N–H and O–H groups in total. The van der Waals surface area contributed by atoms with Gasteiger partial charge in [0.1, 0.15) is 0 Å². The van der Waals surface area contributed by atoms with Crippen molar-refractivity contribution >= 4 is 23.6 Å². The van der Waals surface area contributed by atoms with E-state index in [0.717, 1.165) is 6.42 Å². The molecule has 0 aromatic heterocycles. The van der Waals surface area contributed by atoms with E-state index in [1.54, 1.807) is 0 Å². The van der Waals surface area contributed by atoms with E-state index in [-0.39, 0.29) is 24.0 Å². The Morgan fingerprint density at radius 2 is 2.25 bits per heavy atom. The van der Waals surface area contributed by atoms with Gasteiger partial charge in [0.05, 0.1) is 23.5 Å². The van der Waals surface area contributed by atoms with Crippen molar-refractivity contribution in [2.45, 2.75) is 19.8 Å². The Labute approximate surface area is 99.2 Å². The van der Waals surface area contributed by atoms with Crippen molar-refractivity contribution in [1.29, 1.82) is 5.26 Å². The van der Waals surface area contributed by atoms with E-state index in [1.165, 1.54) is 11.8 Å². The van der Waals surface area contributed by atoms with Crippen molar-refractivity contribution in [3.05, 3.63) is 0 Å². The summed E-state index contributed by atoms with van der Waals surface area (Å²) in [5, 5.41) is 19.6. The van der Waals surface area contributed by atoms with Gasteiger partial charge in [0, 0.05) is 6.54 Å². The van der Waals surface area contributed by atoms with E-state index < -0.39 is 11.9 Å². The first-order valence-corrected chi connectivity index (χ1v) is 6.21. The van der Waals surface area contributed by atoms with Crippen LogP contribution in [0.15, 0.2) is 0 Å². The molecule has 0 aromatic rings. The molecule has 1 atom stereocenters. The minimum absolute atomic E-state index is 0.162. The minimum atomic E-state index is -0.883. The van der Waals surface area contributed by atoms with Crippen LogP contribution in [0.3, 0.4) is 0 Å². The van der Waals surface area contributed by atoms with Crippen LogP contribution < -0.4 is 5.32 Å². The molecule has 0 aromatic carbocycles. The van der Waals surface area contributed by atoms with Gasteiger partial charge in [0.2, 0.25) is 5.91 Å². The summed E-state index contributed by atoms with van der Waals surface area (Å²) in [5.41, 5.74) is 0. The second-order valence-electron chi connectivity index (χ2n) is 3.28. The van der Waals surface area contributed by atoms with Crippen LogP contribution >= 0.6 is 11.8 Å². The van der Waals surface area contributed by atoms with Crippen molar-refractivity contribution in [2.75, 3.05) is 18.1 Å². The number of hydrogen-bond acceptors (Lipinski definition) is 4. The monoisotopic (exact) mass is 244 g/mol. The molecule has 0 aliphatic heterocycles. The highest BCUT2D eigenvalue weighted by atomic mass is 32.2. The number of amides is 1. The normalized spacial score (nSPS) is 11.5. The summed E-state index contributed by atoms with van der Waals surface area (Å²) in [5.74, 6) is -1.15. The number of aliphatic carboxylic acids is 1. The van der Waals surface area contributed by atoms with Gasteiger partial charge < -0.3 is 10.4 Å². The van der Waals surface area contributed by atoms with E-state index in [0.29, 0.717) is 6.42 Å². The lowest BCUT2D eigenvalue weighted by Gasteiger charge is -2.11. The van der Waals surface area contributed by atoms with Gasteiger partial charge in [-0.1, -0.05) is 13.3 Å². The molecule has 0 saturated carbocycles. The lowest BCUT2D eigenvalue weighted by molar-refractivity contribution is -0.141. The second kappa shape index (κ2) is 9.04. The first-order chi connectivity index (χ1) is 7.61. The van der Waals surface area contributed by atoms with Gasteiger partial charge in [-0.15, -0.1) is 11.8 Å². The molecular formula is C10H16N2O3S. The van der Waals surface area contributed by atoms with Gasteiger partial charge in [-0.05, 0) is 6.42 Å². The molecular weight excluding hydrogens is 228 g/mol. The number of rotatable bonds is 8. The molecule has 0 aliphatic carbocycles. The fourth-order valence-electron chi connectivity index (χ4n) is 1.14. The number of carboxylic acid groups (broad SMARTS) is 1. The molecule has 0 spiro atoms. The highest BCUT2D eigenvalue weighted by Crippen LogP contribution is 2.05. The molecule has 0 fully saturated rings. The summed E-state index contributed by atoms with van der Waals surface area (Å²) in [4.78, 5) is 22.0. The van der Waals surface area contributed by atoms with E-state index in [9.17, 15) is 9.59 Å². The van der Waals surface area contributed by atoms with Crippen molar-refractivity contribution in [3.8, 4) is 6.07 Å².